The highest BCUT2D eigenvalue weighted by atomic mass is 32.2. The molecule has 0 atom stereocenters. The van der Waals surface area contributed by atoms with Gasteiger partial charge in [-0.2, -0.15) is 0 Å². The van der Waals surface area contributed by atoms with Gasteiger partial charge in [0.1, 0.15) is 12.4 Å². The van der Waals surface area contributed by atoms with E-state index in [0.29, 0.717) is 16.0 Å². The SMILES string of the molecule is Cc1ccc(F)c2oc(C(=O)NCCOc3ccc(SC(=O)NO)cc3)cc12. The Labute approximate surface area is 163 Å². The number of aryl methyl sites for hydroxylation is 1. The molecule has 0 aliphatic rings. The van der Waals surface area contributed by atoms with Crippen LogP contribution in [0.3, 0.4) is 0 Å². The van der Waals surface area contributed by atoms with Crippen LogP contribution < -0.4 is 15.5 Å². The second kappa shape index (κ2) is 8.77. The van der Waals surface area contributed by atoms with Crippen LogP contribution in [0, 0.1) is 12.7 Å². The molecule has 2 amide bonds. The van der Waals surface area contributed by atoms with Crippen LogP contribution in [0.2, 0.25) is 0 Å². The number of carbonyl (C=O) groups excluding carboxylic acids is 2. The molecule has 3 rings (SSSR count). The highest BCUT2D eigenvalue weighted by molar-refractivity contribution is 8.13. The summed E-state index contributed by atoms with van der Waals surface area (Å²) in [6.45, 7) is 2.25. The number of hydrogen-bond acceptors (Lipinski definition) is 6. The van der Waals surface area contributed by atoms with Crippen molar-refractivity contribution in [1.82, 2.24) is 10.8 Å². The summed E-state index contributed by atoms with van der Waals surface area (Å²) in [5.41, 5.74) is 2.42. The van der Waals surface area contributed by atoms with Gasteiger partial charge in [0, 0.05) is 10.3 Å². The third kappa shape index (κ3) is 4.62. The average molecular weight is 404 g/mol. The van der Waals surface area contributed by atoms with Crippen molar-refractivity contribution in [3.05, 3.63) is 59.6 Å². The van der Waals surface area contributed by atoms with Gasteiger partial charge < -0.3 is 14.5 Å². The zero-order valence-corrected chi connectivity index (χ0v) is 15.6. The predicted molar refractivity (Wildman–Crippen MR) is 101 cm³/mol. The van der Waals surface area contributed by atoms with Gasteiger partial charge >= 0.3 is 5.24 Å². The number of ether oxygens (including phenoxy) is 1. The summed E-state index contributed by atoms with van der Waals surface area (Å²) in [6, 6.07) is 11.1. The lowest BCUT2D eigenvalue weighted by Gasteiger charge is -2.07. The lowest BCUT2D eigenvalue weighted by atomic mass is 10.1. The Morgan fingerprint density at radius 2 is 1.96 bits per heavy atom. The van der Waals surface area contributed by atoms with Gasteiger partial charge in [-0.15, -0.1) is 0 Å². The molecule has 7 nitrogen and oxygen atoms in total. The minimum atomic E-state index is -0.586. The lowest BCUT2D eigenvalue weighted by Crippen LogP contribution is -2.27. The van der Waals surface area contributed by atoms with Crippen molar-refractivity contribution < 1.29 is 28.3 Å². The van der Waals surface area contributed by atoms with Crippen molar-refractivity contribution in [2.75, 3.05) is 13.2 Å². The highest BCUT2D eigenvalue weighted by Gasteiger charge is 2.15. The Balaban J connectivity index is 1.50. The Morgan fingerprint density at radius 1 is 1.21 bits per heavy atom. The van der Waals surface area contributed by atoms with E-state index in [1.165, 1.54) is 17.6 Å². The van der Waals surface area contributed by atoms with Crippen molar-refractivity contribution in [1.29, 1.82) is 0 Å². The van der Waals surface area contributed by atoms with Crippen molar-refractivity contribution >= 4 is 33.9 Å². The molecule has 3 N–H and O–H groups in total. The number of benzene rings is 2. The maximum atomic E-state index is 13.8. The van der Waals surface area contributed by atoms with Gasteiger partial charge in [-0.25, -0.2) is 9.87 Å². The molecule has 0 aliphatic carbocycles. The average Bonchev–Trinajstić information content (AvgIpc) is 3.16. The number of rotatable bonds is 6. The zero-order valence-electron chi connectivity index (χ0n) is 14.8. The van der Waals surface area contributed by atoms with Crippen LogP contribution in [0.5, 0.6) is 5.75 Å². The van der Waals surface area contributed by atoms with Gasteiger partial charge in [0.2, 0.25) is 0 Å². The molecule has 28 heavy (non-hydrogen) atoms. The highest BCUT2D eigenvalue weighted by Crippen LogP contribution is 2.25. The first kappa shape index (κ1) is 19.7. The number of halogens is 1. The first-order chi connectivity index (χ1) is 13.5. The maximum absolute atomic E-state index is 13.8. The molecule has 0 aliphatic heterocycles. The standard InChI is InChI=1S/C19H17FN2O5S/c1-11-2-7-15(20)17-14(11)10-16(27-17)18(23)21-8-9-26-12-3-5-13(6-4-12)28-19(24)22-25/h2-7,10,25H,8-9H2,1H3,(H,21,23)(H,22,24). The van der Waals surface area contributed by atoms with Crippen molar-refractivity contribution in [2.45, 2.75) is 11.8 Å². The van der Waals surface area contributed by atoms with Crippen molar-refractivity contribution in [3.63, 3.8) is 0 Å². The smallest absolute Gasteiger partial charge is 0.307 e. The van der Waals surface area contributed by atoms with E-state index < -0.39 is 17.0 Å². The molecule has 0 saturated carbocycles. The van der Waals surface area contributed by atoms with Gasteiger partial charge in [0.05, 0.1) is 6.54 Å². The molecule has 3 aromatic rings. The maximum Gasteiger partial charge on any atom is 0.307 e. The van der Waals surface area contributed by atoms with Crippen LogP contribution in [0.25, 0.3) is 11.0 Å². The Morgan fingerprint density at radius 3 is 2.64 bits per heavy atom. The molecule has 1 aromatic heterocycles. The van der Waals surface area contributed by atoms with E-state index in [-0.39, 0.29) is 24.5 Å². The van der Waals surface area contributed by atoms with Crippen LogP contribution in [-0.2, 0) is 0 Å². The molecule has 0 unspecified atom stereocenters. The molecule has 0 bridgehead atoms. The van der Waals surface area contributed by atoms with Crippen LogP contribution in [0.15, 0.2) is 51.8 Å². The minimum Gasteiger partial charge on any atom is -0.492 e. The Bertz CT molecular complexity index is 964. The van der Waals surface area contributed by atoms with E-state index in [1.807, 2.05) is 6.92 Å². The first-order valence-electron chi connectivity index (χ1n) is 8.29. The van der Waals surface area contributed by atoms with Crippen LogP contribution in [-0.4, -0.2) is 29.5 Å². The summed E-state index contributed by atoms with van der Waals surface area (Å²) in [5, 5.41) is 11.1. The van der Waals surface area contributed by atoms with Crippen LogP contribution in [0.1, 0.15) is 16.1 Å². The summed E-state index contributed by atoms with van der Waals surface area (Å²) in [4.78, 5) is 23.9. The fourth-order valence-electron chi connectivity index (χ4n) is 2.49. The number of nitrogens with one attached hydrogen (secondary N) is 2. The molecule has 0 spiro atoms. The summed E-state index contributed by atoms with van der Waals surface area (Å²) in [5.74, 6) is -0.377. The number of hydroxylamine groups is 1. The van der Waals surface area contributed by atoms with E-state index >= 15 is 0 Å². The van der Waals surface area contributed by atoms with E-state index in [2.05, 4.69) is 5.32 Å². The summed E-state index contributed by atoms with van der Waals surface area (Å²) in [6.07, 6.45) is 0. The molecule has 146 valence electrons. The fourth-order valence-corrected chi connectivity index (χ4v) is 3.02. The van der Waals surface area contributed by atoms with Gasteiger partial charge in [-0.3, -0.25) is 14.8 Å². The quantitative estimate of drug-likeness (QED) is 0.249. The normalized spacial score (nSPS) is 10.7. The first-order valence-corrected chi connectivity index (χ1v) is 9.11. The molecule has 0 saturated heterocycles. The third-order valence-corrected chi connectivity index (χ3v) is 4.64. The van der Waals surface area contributed by atoms with E-state index in [4.69, 9.17) is 14.4 Å². The Kier molecular flexibility index (Phi) is 6.17. The van der Waals surface area contributed by atoms with Gasteiger partial charge in [0.25, 0.3) is 5.91 Å². The van der Waals surface area contributed by atoms with Crippen molar-refractivity contribution in [2.24, 2.45) is 0 Å². The summed E-state index contributed by atoms with van der Waals surface area (Å²) >= 11 is 0.836. The lowest BCUT2D eigenvalue weighted by molar-refractivity contribution is 0.0921. The predicted octanol–water partition coefficient (Wildman–Crippen LogP) is 3.88. The number of amides is 2. The van der Waals surface area contributed by atoms with Crippen LogP contribution >= 0.6 is 11.8 Å². The second-order valence-electron chi connectivity index (χ2n) is 5.79. The van der Waals surface area contributed by atoms with Gasteiger partial charge in [0.15, 0.2) is 17.2 Å². The number of thioether (sulfide) groups is 1. The molecule has 0 radical (unpaired) electrons. The van der Waals surface area contributed by atoms with E-state index in [9.17, 15) is 14.0 Å². The number of fused-ring (bicyclic) bond motifs is 1. The minimum absolute atomic E-state index is 0.0340. The monoisotopic (exact) mass is 404 g/mol. The molecule has 2 aromatic carbocycles. The Hall–Kier alpha value is -3.04. The number of furan rings is 1. The number of carbonyl (C=O) groups is 2. The summed E-state index contributed by atoms with van der Waals surface area (Å²) in [7, 11) is 0. The van der Waals surface area contributed by atoms with E-state index in [0.717, 1.165) is 17.3 Å². The molecule has 9 heteroatoms. The topological polar surface area (TPSA) is 101 Å². The molecular weight excluding hydrogens is 387 g/mol. The third-order valence-electron chi connectivity index (χ3n) is 3.86. The number of hydrogen-bond donors (Lipinski definition) is 3. The van der Waals surface area contributed by atoms with Crippen molar-refractivity contribution in [3.8, 4) is 5.75 Å². The summed E-state index contributed by atoms with van der Waals surface area (Å²) < 4.78 is 24.6. The van der Waals surface area contributed by atoms with Gasteiger partial charge in [-0.1, -0.05) is 6.07 Å². The van der Waals surface area contributed by atoms with Crippen LogP contribution in [0.4, 0.5) is 9.18 Å². The molecule has 0 fully saturated rings. The molecule has 1 heterocycles. The largest absolute Gasteiger partial charge is 0.492 e. The second-order valence-corrected chi connectivity index (χ2v) is 6.84. The molecular formula is C19H17FN2O5S. The van der Waals surface area contributed by atoms with Gasteiger partial charge in [-0.05, 0) is 60.6 Å². The van der Waals surface area contributed by atoms with E-state index in [1.54, 1.807) is 30.3 Å². The fraction of sp³-hybridized carbons (Fsp3) is 0.158. The zero-order chi connectivity index (χ0) is 20.1.